The monoisotopic (exact) mass is 281 g/mol. The highest BCUT2D eigenvalue weighted by atomic mass is 16.5. The predicted molar refractivity (Wildman–Crippen MR) is 72.8 cm³/mol. The number of hydrogen-bond donors (Lipinski definition) is 1. The summed E-state index contributed by atoms with van der Waals surface area (Å²) >= 11 is 0. The number of ether oxygens (including phenoxy) is 3. The molecule has 110 valence electrons. The third kappa shape index (κ3) is 5.71. The molecular formula is C14H19NO5. The van der Waals surface area contributed by atoms with E-state index in [2.05, 4.69) is 5.32 Å². The molecule has 0 fully saturated rings. The second-order valence-corrected chi connectivity index (χ2v) is 3.88. The number of hydrogen-bond acceptors (Lipinski definition) is 5. The molecule has 0 saturated heterocycles. The van der Waals surface area contributed by atoms with Crippen molar-refractivity contribution in [1.29, 1.82) is 0 Å². The van der Waals surface area contributed by atoms with Gasteiger partial charge in [0.25, 0.3) is 5.91 Å². The van der Waals surface area contributed by atoms with Gasteiger partial charge in [-0.1, -0.05) is 6.07 Å². The van der Waals surface area contributed by atoms with E-state index in [0.29, 0.717) is 31.1 Å². The minimum absolute atomic E-state index is 0.115. The lowest BCUT2D eigenvalue weighted by Crippen LogP contribution is -2.31. The quantitative estimate of drug-likeness (QED) is 0.568. The van der Waals surface area contributed by atoms with E-state index in [1.54, 1.807) is 38.3 Å². The van der Waals surface area contributed by atoms with Crippen LogP contribution in [0.3, 0.4) is 0 Å². The highest BCUT2D eigenvalue weighted by molar-refractivity contribution is 5.89. The highest BCUT2D eigenvalue weighted by Crippen LogP contribution is 2.14. The zero-order valence-electron chi connectivity index (χ0n) is 11.7. The molecule has 1 amide bonds. The molecule has 0 bridgehead atoms. The average molecular weight is 281 g/mol. The molecule has 6 nitrogen and oxygen atoms in total. The topological polar surface area (TPSA) is 73.9 Å². The number of esters is 1. The van der Waals surface area contributed by atoms with E-state index in [-0.39, 0.29) is 12.5 Å². The second kappa shape index (κ2) is 8.92. The van der Waals surface area contributed by atoms with Crippen molar-refractivity contribution in [3.05, 3.63) is 29.8 Å². The molecular weight excluding hydrogens is 262 g/mol. The van der Waals surface area contributed by atoms with Crippen LogP contribution < -0.4 is 10.1 Å². The fourth-order valence-corrected chi connectivity index (χ4v) is 1.42. The van der Waals surface area contributed by atoms with E-state index >= 15 is 0 Å². The number of nitrogens with one attached hydrogen (secondary N) is 1. The Morgan fingerprint density at radius 3 is 2.80 bits per heavy atom. The molecule has 1 rings (SSSR count). The lowest BCUT2D eigenvalue weighted by molar-refractivity contribution is -0.123. The van der Waals surface area contributed by atoms with Gasteiger partial charge in [0.15, 0.2) is 6.61 Å². The summed E-state index contributed by atoms with van der Waals surface area (Å²) in [7, 11) is 1.56. The van der Waals surface area contributed by atoms with Crippen molar-refractivity contribution in [2.24, 2.45) is 0 Å². The van der Waals surface area contributed by atoms with Gasteiger partial charge >= 0.3 is 5.97 Å². The van der Waals surface area contributed by atoms with E-state index in [9.17, 15) is 9.59 Å². The highest BCUT2D eigenvalue weighted by Gasteiger charge is 2.08. The zero-order chi connectivity index (χ0) is 14.8. The van der Waals surface area contributed by atoms with Crippen LogP contribution in [0.5, 0.6) is 5.75 Å². The number of amides is 1. The summed E-state index contributed by atoms with van der Waals surface area (Å²) in [5.74, 6) is -0.219. The van der Waals surface area contributed by atoms with Crippen molar-refractivity contribution in [3.63, 3.8) is 0 Å². The summed E-state index contributed by atoms with van der Waals surface area (Å²) in [6, 6.07) is 6.51. The standard InChI is InChI=1S/C14H19NO5/c1-3-19-14(17)11-5-4-6-12(9-11)20-10-13(16)15-7-8-18-2/h4-6,9H,3,7-8,10H2,1-2H3,(H,15,16). The number of benzene rings is 1. The summed E-state index contributed by atoms with van der Waals surface area (Å²) in [5.41, 5.74) is 0.393. The first kappa shape index (κ1) is 16.0. The molecule has 0 aromatic heterocycles. The lowest BCUT2D eigenvalue weighted by atomic mass is 10.2. The maximum absolute atomic E-state index is 11.5. The number of rotatable bonds is 8. The summed E-state index contributed by atoms with van der Waals surface area (Å²) in [4.78, 5) is 23.0. The first-order chi connectivity index (χ1) is 9.67. The fraction of sp³-hybridized carbons (Fsp3) is 0.429. The first-order valence-corrected chi connectivity index (χ1v) is 6.33. The second-order valence-electron chi connectivity index (χ2n) is 3.88. The fourth-order valence-electron chi connectivity index (χ4n) is 1.42. The van der Waals surface area contributed by atoms with Crippen molar-refractivity contribution < 1.29 is 23.8 Å². The van der Waals surface area contributed by atoms with Gasteiger partial charge in [-0.15, -0.1) is 0 Å². The van der Waals surface area contributed by atoms with Crippen LogP contribution >= 0.6 is 0 Å². The Morgan fingerprint density at radius 2 is 2.10 bits per heavy atom. The van der Waals surface area contributed by atoms with Crippen LogP contribution in [0.25, 0.3) is 0 Å². The minimum atomic E-state index is -0.414. The molecule has 0 saturated carbocycles. The SMILES string of the molecule is CCOC(=O)c1cccc(OCC(=O)NCCOC)c1. The van der Waals surface area contributed by atoms with Crippen LogP contribution in [0, 0.1) is 0 Å². The van der Waals surface area contributed by atoms with Gasteiger partial charge in [-0.05, 0) is 25.1 Å². The molecule has 0 spiro atoms. The Morgan fingerprint density at radius 1 is 1.30 bits per heavy atom. The van der Waals surface area contributed by atoms with Crippen LogP contribution in [0.2, 0.25) is 0 Å². The van der Waals surface area contributed by atoms with Crippen LogP contribution in [-0.4, -0.2) is 45.4 Å². The van der Waals surface area contributed by atoms with E-state index in [0.717, 1.165) is 0 Å². The predicted octanol–water partition coefficient (Wildman–Crippen LogP) is 1.00. The van der Waals surface area contributed by atoms with Crippen molar-refractivity contribution in [2.45, 2.75) is 6.92 Å². The third-order valence-electron chi connectivity index (χ3n) is 2.34. The molecule has 0 aliphatic rings. The molecule has 6 heteroatoms. The molecule has 1 aromatic rings. The molecule has 20 heavy (non-hydrogen) atoms. The van der Waals surface area contributed by atoms with Crippen molar-refractivity contribution in [1.82, 2.24) is 5.32 Å². The third-order valence-corrected chi connectivity index (χ3v) is 2.34. The van der Waals surface area contributed by atoms with Crippen molar-refractivity contribution in [2.75, 3.05) is 33.5 Å². The Balaban J connectivity index is 2.46. The summed E-state index contributed by atoms with van der Waals surface area (Å²) in [6.45, 7) is 2.82. The Hall–Kier alpha value is -2.08. The molecule has 0 aliphatic heterocycles. The van der Waals surface area contributed by atoms with Crippen LogP contribution in [0.15, 0.2) is 24.3 Å². The molecule has 0 radical (unpaired) electrons. The Kier molecular flexibility index (Phi) is 7.13. The van der Waals surface area contributed by atoms with Gasteiger partial charge in [-0.3, -0.25) is 4.79 Å². The van der Waals surface area contributed by atoms with E-state index in [1.165, 1.54) is 0 Å². The van der Waals surface area contributed by atoms with E-state index in [4.69, 9.17) is 14.2 Å². The maximum atomic E-state index is 11.5. The molecule has 1 N–H and O–H groups in total. The van der Waals surface area contributed by atoms with E-state index < -0.39 is 5.97 Å². The molecule has 0 atom stereocenters. The van der Waals surface area contributed by atoms with Gasteiger partial charge in [-0.2, -0.15) is 0 Å². The normalized spacial score (nSPS) is 9.90. The van der Waals surface area contributed by atoms with Gasteiger partial charge in [0.2, 0.25) is 0 Å². The van der Waals surface area contributed by atoms with Crippen LogP contribution in [-0.2, 0) is 14.3 Å². The molecule has 0 aliphatic carbocycles. The summed E-state index contributed by atoms with van der Waals surface area (Å²) < 4.78 is 15.0. The number of carbonyl (C=O) groups excluding carboxylic acids is 2. The van der Waals surface area contributed by atoms with Crippen LogP contribution in [0.4, 0.5) is 0 Å². The average Bonchev–Trinajstić information content (AvgIpc) is 2.46. The smallest absolute Gasteiger partial charge is 0.338 e. The van der Waals surface area contributed by atoms with Crippen LogP contribution in [0.1, 0.15) is 17.3 Å². The summed E-state index contributed by atoms with van der Waals surface area (Å²) in [6.07, 6.45) is 0. The number of carbonyl (C=O) groups is 2. The van der Waals surface area contributed by atoms with Gasteiger partial charge in [-0.25, -0.2) is 4.79 Å². The number of methoxy groups -OCH3 is 1. The van der Waals surface area contributed by atoms with Crippen molar-refractivity contribution >= 4 is 11.9 Å². The first-order valence-electron chi connectivity index (χ1n) is 6.33. The van der Waals surface area contributed by atoms with E-state index in [1.807, 2.05) is 0 Å². The minimum Gasteiger partial charge on any atom is -0.484 e. The maximum Gasteiger partial charge on any atom is 0.338 e. The Bertz CT molecular complexity index is 447. The van der Waals surface area contributed by atoms with Gasteiger partial charge in [0.1, 0.15) is 5.75 Å². The Labute approximate surface area is 118 Å². The van der Waals surface area contributed by atoms with Gasteiger partial charge < -0.3 is 19.5 Å². The molecule has 1 aromatic carbocycles. The zero-order valence-corrected chi connectivity index (χ0v) is 11.7. The van der Waals surface area contributed by atoms with Gasteiger partial charge in [0.05, 0.1) is 18.8 Å². The van der Waals surface area contributed by atoms with Gasteiger partial charge in [0, 0.05) is 13.7 Å². The lowest BCUT2D eigenvalue weighted by Gasteiger charge is -2.08. The largest absolute Gasteiger partial charge is 0.484 e. The van der Waals surface area contributed by atoms with Crippen molar-refractivity contribution in [3.8, 4) is 5.75 Å². The molecule has 0 unspecified atom stereocenters. The molecule has 0 heterocycles. The summed E-state index contributed by atoms with van der Waals surface area (Å²) in [5, 5.41) is 2.63.